The first-order valence-corrected chi connectivity index (χ1v) is 20.2. The van der Waals surface area contributed by atoms with Crippen LogP contribution in [0.1, 0.15) is 68.7 Å². The molecular weight excluding hydrogens is 671 g/mol. The molecule has 5 aromatic rings. The molecule has 0 amide bonds. The Hall–Kier alpha value is -4.25. The van der Waals surface area contributed by atoms with Crippen molar-refractivity contribution < 1.29 is 18.4 Å². The number of aromatic amines is 1. The predicted octanol–water partition coefficient (Wildman–Crippen LogP) is 8.44. The molecule has 4 heterocycles. The number of H-pyrrole nitrogens is 1. The van der Waals surface area contributed by atoms with E-state index in [0.717, 1.165) is 122 Å². The maximum absolute atomic E-state index is 13.6. The van der Waals surface area contributed by atoms with Gasteiger partial charge in [-0.25, -0.2) is 9.97 Å². The van der Waals surface area contributed by atoms with Crippen LogP contribution in [0, 0.1) is 12.8 Å². The number of hydrogen-bond acceptors (Lipinski definition) is 7. The van der Waals surface area contributed by atoms with E-state index < -0.39 is 10.8 Å². The van der Waals surface area contributed by atoms with Crippen LogP contribution in [0.5, 0.6) is 5.75 Å². The predicted molar refractivity (Wildman–Crippen MR) is 210 cm³/mol. The van der Waals surface area contributed by atoms with Crippen LogP contribution in [-0.2, 0) is 32.6 Å². The maximum atomic E-state index is 13.6. The lowest BCUT2D eigenvalue weighted by atomic mass is 9.95. The van der Waals surface area contributed by atoms with Crippen molar-refractivity contribution in [2.24, 2.45) is 5.92 Å². The van der Waals surface area contributed by atoms with Crippen LogP contribution in [0.3, 0.4) is 0 Å². The van der Waals surface area contributed by atoms with Gasteiger partial charge in [-0.2, -0.15) is 0 Å². The van der Waals surface area contributed by atoms with Crippen LogP contribution in [0.15, 0.2) is 71.9 Å². The van der Waals surface area contributed by atoms with Crippen molar-refractivity contribution >= 4 is 39.2 Å². The highest BCUT2D eigenvalue weighted by Crippen LogP contribution is 2.36. The molecule has 9 nitrogen and oxygen atoms in total. The van der Waals surface area contributed by atoms with Crippen molar-refractivity contribution in [3.8, 4) is 16.9 Å². The molecule has 2 aliphatic heterocycles. The fourth-order valence-corrected chi connectivity index (χ4v) is 8.24. The molecule has 1 N–H and O–H groups in total. The summed E-state index contributed by atoms with van der Waals surface area (Å²) in [7, 11) is -1.21. The SMILES string of the molecule is CCCCOCCOc1ccc(-c2ccc3c(c2)/C=C(/c2nc4ccc([S@@](=O)Cc5c(C)ncn5CCC)cc4[nH]2)CCCN3CC2COC2)cc1. The van der Waals surface area contributed by atoms with Gasteiger partial charge in [0.2, 0.25) is 0 Å². The molecule has 1 atom stereocenters. The van der Waals surface area contributed by atoms with Gasteiger partial charge in [0, 0.05) is 42.7 Å². The smallest absolute Gasteiger partial charge is 0.134 e. The Labute approximate surface area is 309 Å². The van der Waals surface area contributed by atoms with Gasteiger partial charge in [-0.15, -0.1) is 0 Å². The molecule has 0 bridgehead atoms. The second kappa shape index (κ2) is 17.1. The van der Waals surface area contributed by atoms with Gasteiger partial charge in [-0.05, 0) is 103 Å². The molecule has 2 aliphatic rings. The molecular formula is C42H51N5O4S. The Kier molecular flexibility index (Phi) is 11.8. The third kappa shape index (κ3) is 8.51. The van der Waals surface area contributed by atoms with Crippen LogP contribution in [0.2, 0.25) is 0 Å². The number of anilines is 1. The van der Waals surface area contributed by atoms with Gasteiger partial charge in [0.1, 0.15) is 18.2 Å². The highest BCUT2D eigenvalue weighted by Gasteiger charge is 2.25. The summed E-state index contributed by atoms with van der Waals surface area (Å²) in [4.78, 5) is 16.5. The number of nitrogens with zero attached hydrogens (tertiary/aromatic N) is 4. The average Bonchev–Trinajstić information content (AvgIpc) is 3.71. The summed E-state index contributed by atoms with van der Waals surface area (Å²) in [6.07, 6.45) is 9.30. The zero-order valence-electron chi connectivity index (χ0n) is 30.7. The summed E-state index contributed by atoms with van der Waals surface area (Å²) in [6.45, 7) is 12.7. The molecule has 0 saturated carbocycles. The van der Waals surface area contributed by atoms with Crippen molar-refractivity contribution in [2.75, 3.05) is 51.0 Å². The third-order valence-electron chi connectivity index (χ3n) is 9.99. The van der Waals surface area contributed by atoms with Gasteiger partial charge in [0.15, 0.2) is 0 Å². The monoisotopic (exact) mass is 721 g/mol. The van der Waals surface area contributed by atoms with Crippen molar-refractivity contribution in [1.82, 2.24) is 19.5 Å². The number of nitrogens with one attached hydrogen (secondary N) is 1. The molecule has 1 fully saturated rings. The van der Waals surface area contributed by atoms with Crippen molar-refractivity contribution in [3.63, 3.8) is 0 Å². The molecule has 7 rings (SSSR count). The lowest BCUT2D eigenvalue weighted by Gasteiger charge is -2.35. The molecule has 10 heteroatoms. The Morgan fingerprint density at radius 3 is 2.62 bits per heavy atom. The molecule has 1 saturated heterocycles. The average molecular weight is 722 g/mol. The lowest BCUT2D eigenvalue weighted by molar-refractivity contribution is -0.0276. The quantitative estimate of drug-likeness (QED) is 0.102. The van der Waals surface area contributed by atoms with Crippen molar-refractivity contribution in [3.05, 3.63) is 89.8 Å². The van der Waals surface area contributed by atoms with Crippen LogP contribution < -0.4 is 9.64 Å². The topological polar surface area (TPSA) is 94.5 Å². The number of rotatable bonds is 16. The van der Waals surface area contributed by atoms with Gasteiger partial charge in [-0.3, -0.25) is 4.21 Å². The number of hydrogen-bond donors (Lipinski definition) is 1. The molecule has 52 heavy (non-hydrogen) atoms. The molecule has 274 valence electrons. The number of allylic oxidation sites excluding steroid dienone is 1. The number of benzene rings is 3. The largest absolute Gasteiger partial charge is 0.491 e. The van der Waals surface area contributed by atoms with E-state index in [9.17, 15) is 4.21 Å². The number of fused-ring (bicyclic) bond motifs is 2. The minimum atomic E-state index is -1.21. The molecule has 0 aliphatic carbocycles. The highest BCUT2D eigenvalue weighted by molar-refractivity contribution is 7.84. The Balaban J connectivity index is 1.14. The molecule has 0 spiro atoms. The van der Waals surface area contributed by atoms with E-state index in [1.54, 1.807) is 0 Å². The summed E-state index contributed by atoms with van der Waals surface area (Å²) in [5, 5.41) is 0. The Bertz CT molecular complexity index is 2010. The number of unbranched alkanes of at least 4 members (excludes halogenated alkanes) is 1. The minimum absolute atomic E-state index is 0.440. The normalized spacial score (nSPS) is 16.5. The number of aryl methyl sites for hydroxylation is 2. The van der Waals surface area contributed by atoms with Crippen molar-refractivity contribution in [2.45, 2.75) is 70.1 Å². The Morgan fingerprint density at radius 1 is 0.981 bits per heavy atom. The van der Waals surface area contributed by atoms with Gasteiger partial charge < -0.3 is 28.7 Å². The van der Waals surface area contributed by atoms with Gasteiger partial charge >= 0.3 is 0 Å². The second-order valence-electron chi connectivity index (χ2n) is 14.0. The molecule has 3 aromatic carbocycles. The summed E-state index contributed by atoms with van der Waals surface area (Å²) in [5.41, 5.74) is 9.64. The number of ether oxygens (including phenoxy) is 3. The minimum Gasteiger partial charge on any atom is -0.491 e. The van der Waals surface area contributed by atoms with Gasteiger partial charge in [0.05, 0.1) is 65.1 Å². The fourth-order valence-electron chi connectivity index (χ4n) is 6.99. The second-order valence-corrected chi connectivity index (χ2v) is 15.4. The van der Waals surface area contributed by atoms with E-state index in [0.29, 0.717) is 24.9 Å². The van der Waals surface area contributed by atoms with Crippen molar-refractivity contribution in [1.29, 1.82) is 0 Å². The van der Waals surface area contributed by atoms with E-state index in [1.165, 1.54) is 16.8 Å². The summed E-state index contributed by atoms with van der Waals surface area (Å²) in [6, 6.07) is 21.1. The highest BCUT2D eigenvalue weighted by atomic mass is 32.2. The lowest BCUT2D eigenvalue weighted by Crippen LogP contribution is -2.40. The number of imidazole rings is 2. The zero-order valence-corrected chi connectivity index (χ0v) is 31.6. The summed E-state index contributed by atoms with van der Waals surface area (Å²) < 4.78 is 32.8. The third-order valence-corrected chi connectivity index (χ3v) is 11.3. The van der Waals surface area contributed by atoms with Gasteiger partial charge in [0.25, 0.3) is 0 Å². The van der Waals surface area contributed by atoms with E-state index in [2.05, 4.69) is 69.7 Å². The first-order chi connectivity index (χ1) is 25.5. The Morgan fingerprint density at radius 2 is 1.83 bits per heavy atom. The standard InChI is InChI=1S/C42H51N5O4S/c1-4-6-19-49-20-21-51-36-12-9-32(10-13-36)33-11-16-40-35(22-33)23-34(8-7-18-46(40)25-31-26-50-27-31)42-44-38-15-14-37(24-39(38)45-42)52(48)28-41-30(3)43-29-47(41)17-5-2/h9-16,22-24,29,31H,4-8,17-21,25-28H2,1-3H3,(H,44,45)/b34-23+/t52-/m0/s1. The first-order valence-electron chi connectivity index (χ1n) is 18.9. The van der Waals surface area contributed by atoms with Crippen LogP contribution in [0.25, 0.3) is 33.8 Å². The van der Waals surface area contributed by atoms with E-state index in [1.807, 2.05) is 43.6 Å². The maximum Gasteiger partial charge on any atom is 0.134 e. The van der Waals surface area contributed by atoms with E-state index in [-0.39, 0.29) is 0 Å². The summed E-state index contributed by atoms with van der Waals surface area (Å²) in [5.74, 6) is 2.72. The van der Waals surface area contributed by atoms with Gasteiger partial charge in [-0.1, -0.05) is 38.5 Å². The van der Waals surface area contributed by atoms with Crippen LogP contribution in [0.4, 0.5) is 5.69 Å². The van der Waals surface area contributed by atoms with Crippen LogP contribution in [-0.4, -0.2) is 69.9 Å². The first kappa shape index (κ1) is 36.1. The molecule has 0 radical (unpaired) electrons. The van der Waals surface area contributed by atoms with E-state index in [4.69, 9.17) is 19.2 Å². The molecule has 2 aromatic heterocycles. The van der Waals surface area contributed by atoms with E-state index >= 15 is 0 Å². The number of aromatic nitrogens is 4. The zero-order chi connectivity index (χ0) is 35.9. The molecule has 0 unspecified atom stereocenters. The van der Waals surface area contributed by atoms with Crippen LogP contribution >= 0.6 is 0 Å². The summed E-state index contributed by atoms with van der Waals surface area (Å²) >= 11 is 0. The fraction of sp³-hybridized carbons (Fsp3) is 0.429.